The van der Waals surface area contributed by atoms with Gasteiger partial charge in [0, 0.05) is 18.1 Å². The summed E-state index contributed by atoms with van der Waals surface area (Å²) in [7, 11) is 0. The summed E-state index contributed by atoms with van der Waals surface area (Å²) in [5.74, 6) is 0. The molecular weight excluding hydrogens is 234 g/mol. The van der Waals surface area contributed by atoms with E-state index < -0.39 is 0 Å². The van der Waals surface area contributed by atoms with Gasteiger partial charge >= 0.3 is 0 Å². The fourth-order valence-corrected chi connectivity index (χ4v) is 3.92. The Labute approximate surface area is 119 Å². The number of piperidine rings is 1. The smallest absolute Gasteiger partial charge is 0.0330 e. The minimum Gasteiger partial charge on any atom is -0.329 e. The third kappa shape index (κ3) is 3.93. The Bertz CT molecular complexity index is 280. The quantitative estimate of drug-likeness (QED) is 0.803. The highest BCUT2D eigenvalue weighted by molar-refractivity contribution is 4.99. The first-order valence-electron chi connectivity index (χ1n) is 8.19. The monoisotopic (exact) mass is 267 g/mol. The second-order valence-electron chi connectivity index (χ2n) is 7.57. The summed E-state index contributed by atoms with van der Waals surface area (Å²) >= 11 is 0. The van der Waals surface area contributed by atoms with Gasteiger partial charge in [-0.05, 0) is 63.6 Å². The normalized spacial score (nSPS) is 30.6. The summed E-state index contributed by atoms with van der Waals surface area (Å²) in [4.78, 5) is 2.59. The van der Waals surface area contributed by atoms with Gasteiger partial charge in [-0.1, -0.05) is 20.8 Å². The zero-order valence-corrected chi connectivity index (χ0v) is 13.2. The SMILES string of the molecule is CCCN1CCC(CN)(NC2CCC(C)(C)C2)CC1. The first kappa shape index (κ1) is 15.3. The van der Waals surface area contributed by atoms with E-state index in [-0.39, 0.29) is 5.54 Å². The van der Waals surface area contributed by atoms with Crippen LogP contribution in [0.15, 0.2) is 0 Å². The second kappa shape index (κ2) is 6.11. The van der Waals surface area contributed by atoms with Crippen LogP contribution < -0.4 is 11.1 Å². The maximum Gasteiger partial charge on any atom is 0.0330 e. The van der Waals surface area contributed by atoms with Gasteiger partial charge in [-0.3, -0.25) is 0 Å². The van der Waals surface area contributed by atoms with Gasteiger partial charge in [-0.25, -0.2) is 0 Å². The van der Waals surface area contributed by atoms with Gasteiger partial charge in [0.15, 0.2) is 0 Å². The predicted molar refractivity (Wildman–Crippen MR) is 82.3 cm³/mol. The lowest BCUT2D eigenvalue weighted by atomic mass is 9.85. The minimum atomic E-state index is 0.218. The van der Waals surface area contributed by atoms with Gasteiger partial charge in [0.2, 0.25) is 0 Å². The fraction of sp³-hybridized carbons (Fsp3) is 1.00. The summed E-state index contributed by atoms with van der Waals surface area (Å²) in [6, 6.07) is 0.691. The van der Waals surface area contributed by atoms with E-state index in [9.17, 15) is 0 Å². The number of nitrogens with one attached hydrogen (secondary N) is 1. The molecule has 3 nitrogen and oxygen atoms in total. The number of nitrogens with two attached hydrogens (primary N) is 1. The van der Waals surface area contributed by atoms with Crippen molar-refractivity contribution in [2.45, 2.75) is 70.9 Å². The molecule has 1 aliphatic carbocycles. The van der Waals surface area contributed by atoms with Crippen LogP contribution in [0, 0.1) is 5.41 Å². The van der Waals surface area contributed by atoms with Crippen LogP contribution in [0.3, 0.4) is 0 Å². The molecule has 0 aromatic carbocycles. The topological polar surface area (TPSA) is 41.3 Å². The Morgan fingerprint density at radius 3 is 2.37 bits per heavy atom. The fourth-order valence-electron chi connectivity index (χ4n) is 3.92. The molecule has 1 saturated carbocycles. The van der Waals surface area contributed by atoms with Crippen LogP contribution in [0.2, 0.25) is 0 Å². The van der Waals surface area contributed by atoms with Gasteiger partial charge in [-0.2, -0.15) is 0 Å². The van der Waals surface area contributed by atoms with E-state index in [1.54, 1.807) is 0 Å². The molecule has 0 amide bonds. The molecule has 1 aliphatic heterocycles. The molecule has 0 bridgehead atoms. The third-order valence-electron chi connectivity index (χ3n) is 5.22. The highest BCUT2D eigenvalue weighted by Gasteiger charge is 2.38. The lowest BCUT2D eigenvalue weighted by Gasteiger charge is -2.43. The first-order valence-corrected chi connectivity index (χ1v) is 8.19. The molecule has 0 aromatic heterocycles. The van der Waals surface area contributed by atoms with Crippen LogP contribution in [0.1, 0.15) is 59.3 Å². The van der Waals surface area contributed by atoms with Gasteiger partial charge in [-0.15, -0.1) is 0 Å². The molecule has 112 valence electrons. The van der Waals surface area contributed by atoms with E-state index >= 15 is 0 Å². The number of hydrogen-bond acceptors (Lipinski definition) is 3. The number of nitrogens with zero attached hydrogens (tertiary/aromatic N) is 1. The Hall–Kier alpha value is -0.120. The molecule has 2 rings (SSSR count). The van der Waals surface area contributed by atoms with Crippen LogP contribution >= 0.6 is 0 Å². The minimum absolute atomic E-state index is 0.218. The molecule has 1 atom stereocenters. The second-order valence-corrected chi connectivity index (χ2v) is 7.57. The molecule has 1 saturated heterocycles. The van der Waals surface area contributed by atoms with Gasteiger partial charge in [0.1, 0.15) is 0 Å². The van der Waals surface area contributed by atoms with Crippen molar-refractivity contribution in [1.29, 1.82) is 0 Å². The Morgan fingerprint density at radius 2 is 1.89 bits per heavy atom. The zero-order chi connectivity index (χ0) is 13.9. The van der Waals surface area contributed by atoms with Crippen LogP contribution in [0.5, 0.6) is 0 Å². The first-order chi connectivity index (χ1) is 8.99. The van der Waals surface area contributed by atoms with Crippen molar-refractivity contribution in [3.05, 3.63) is 0 Å². The molecule has 3 N–H and O–H groups in total. The predicted octanol–water partition coefficient (Wildman–Crippen LogP) is 2.36. The number of rotatable bonds is 5. The molecule has 19 heavy (non-hydrogen) atoms. The maximum atomic E-state index is 6.12. The summed E-state index contributed by atoms with van der Waals surface area (Å²) in [5.41, 5.74) is 6.86. The van der Waals surface area contributed by atoms with E-state index in [2.05, 4.69) is 31.0 Å². The molecule has 1 heterocycles. The lowest BCUT2D eigenvalue weighted by molar-refractivity contribution is 0.127. The van der Waals surface area contributed by atoms with E-state index in [0.717, 1.165) is 6.54 Å². The van der Waals surface area contributed by atoms with E-state index in [1.807, 2.05) is 0 Å². The van der Waals surface area contributed by atoms with Crippen LogP contribution in [-0.4, -0.2) is 42.7 Å². The van der Waals surface area contributed by atoms with Gasteiger partial charge in [0.05, 0.1) is 0 Å². The highest BCUT2D eigenvalue weighted by atomic mass is 15.2. The van der Waals surface area contributed by atoms with E-state index in [4.69, 9.17) is 5.73 Å². The summed E-state index contributed by atoms with van der Waals surface area (Å²) in [6.45, 7) is 11.5. The summed E-state index contributed by atoms with van der Waals surface area (Å²) in [5, 5.41) is 3.95. The van der Waals surface area contributed by atoms with Crippen molar-refractivity contribution >= 4 is 0 Å². The van der Waals surface area contributed by atoms with E-state index in [1.165, 1.54) is 58.2 Å². The number of likely N-dealkylation sites (tertiary alicyclic amines) is 1. The lowest BCUT2D eigenvalue weighted by Crippen LogP contribution is -2.60. The van der Waals surface area contributed by atoms with Crippen molar-refractivity contribution < 1.29 is 0 Å². The van der Waals surface area contributed by atoms with Crippen molar-refractivity contribution in [2.75, 3.05) is 26.2 Å². The Morgan fingerprint density at radius 1 is 1.21 bits per heavy atom. The average Bonchev–Trinajstić information content (AvgIpc) is 2.71. The standard InChI is InChI=1S/C16H33N3/c1-4-9-19-10-7-16(13-17,8-11-19)18-14-5-6-15(2,3)12-14/h14,18H,4-13,17H2,1-3H3. The maximum absolute atomic E-state index is 6.12. The van der Waals surface area contributed by atoms with Gasteiger partial charge in [0.25, 0.3) is 0 Å². The molecule has 3 heteroatoms. The van der Waals surface area contributed by atoms with Crippen molar-refractivity contribution in [3.63, 3.8) is 0 Å². The molecular formula is C16H33N3. The Balaban J connectivity index is 1.86. The van der Waals surface area contributed by atoms with Crippen LogP contribution in [0.25, 0.3) is 0 Å². The van der Waals surface area contributed by atoms with Gasteiger partial charge < -0.3 is 16.0 Å². The zero-order valence-electron chi connectivity index (χ0n) is 13.2. The number of hydrogen-bond donors (Lipinski definition) is 2. The van der Waals surface area contributed by atoms with Crippen molar-refractivity contribution in [1.82, 2.24) is 10.2 Å². The molecule has 0 aromatic rings. The van der Waals surface area contributed by atoms with Crippen molar-refractivity contribution in [3.8, 4) is 0 Å². The summed E-state index contributed by atoms with van der Waals surface area (Å²) < 4.78 is 0. The molecule has 2 aliphatic rings. The molecule has 0 spiro atoms. The highest BCUT2D eigenvalue weighted by Crippen LogP contribution is 2.38. The summed E-state index contributed by atoms with van der Waals surface area (Å²) in [6.07, 6.45) is 7.70. The van der Waals surface area contributed by atoms with E-state index in [0.29, 0.717) is 11.5 Å². The third-order valence-corrected chi connectivity index (χ3v) is 5.22. The average molecular weight is 267 g/mol. The van der Waals surface area contributed by atoms with Crippen LogP contribution in [0.4, 0.5) is 0 Å². The molecule has 2 fully saturated rings. The van der Waals surface area contributed by atoms with Crippen LogP contribution in [-0.2, 0) is 0 Å². The van der Waals surface area contributed by atoms with Crippen molar-refractivity contribution in [2.24, 2.45) is 11.1 Å². The molecule has 0 radical (unpaired) electrons. The largest absolute Gasteiger partial charge is 0.329 e. The molecule has 1 unspecified atom stereocenters. The Kier molecular flexibility index (Phi) is 4.91.